The molecule has 3 fully saturated rings. The number of carbonyl (C=O) groups excluding carboxylic acids is 2. The van der Waals surface area contributed by atoms with E-state index in [1.54, 1.807) is 4.90 Å². The number of imide groups is 1. The Bertz CT molecular complexity index is 655. The van der Waals surface area contributed by atoms with Crippen LogP contribution in [-0.2, 0) is 16.0 Å². The lowest BCUT2D eigenvalue weighted by Gasteiger charge is -2.21. The number of carbonyl (C=O) groups is 2. The van der Waals surface area contributed by atoms with E-state index in [4.69, 9.17) is 0 Å². The first-order valence-corrected chi connectivity index (χ1v) is 8.30. The van der Waals surface area contributed by atoms with Gasteiger partial charge in [0.25, 0.3) is 0 Å². The van der Waals surface area contributed by atoms with Crippen molar-refractivity contribution >= 4 is 11.8 Å². The number of likely N-dealkylation sites (tertiary alicyclic amines) is 1. The van der Waals surface area contributed by atoms with Gasteiger partial charge in [0.15, 0.2) is 0 Å². The second-order valence-corrected chi connectivity index (χ2v) is 7.28. The lowest BCUT2D eigenvalue weighted by molar-refractivity contribution is -0.141. The number of nitrogens with zero attached hydrogens (tertiary/aromatic N) is 1. The van der Waals surface area contributed by atoms with Crippen LogP contribution in [0.2, 0.25) is 0 Å². The monoisotopic (exact) mass is 293 g/mol. The molecule has 3 heteroatoms. The van der Waals surface area contributed by atoms with Crippen molar-refractivity contribution in [3.63, 3.8) is 0 Å². The van der Waals surface area contributed by atoms with Gasteiger partial charge < -0.3 is 0 Å². The largest absolute Gasteiger partial charge is 0.282 e. The minimum Gasteiger partial charge on any atom is -0.282 e. The first kappa shape index (κ1) is 12.6. The molecule has 4 aliphatic rings. The van der Waals surface area contributed by atoms with E-state index in [9.17, 15) is 9.59 Å². The van der Waals surface area contributed by atoms with Crippen LogP contribution in [0.3, 0.4) is 0 Å². The molecule has 1 spiro atoms. The van der Waals surface area contributed by atoms with Gasteiger partial charge in [-0.15, -0.1) is 0 Å². The highest BCUT2D eigenvalue weighted by atomic mass is 16.2. The zero-order chi connectivity index (χ0) is 14.9. The van der Waals surface area contributed by atoms with Gasteiger partial charge in [-0.3, -0.25) is 14.5 Å². The normalized spacial score (nSPS) is 36.5. The molecule has 1 aromatic rings. The van der Waals surface area contributed by atoms with Crippen molar-refractivity contribution in [2.75, 3.05) is 6.54 Å². The van der Waals surface area contributed by atoms with Crippen molar-refractivity contribution in [2.24, 2.45) is 29.1 Å². The van der Waals surface area contributed by atoms with Gasteiger partial charge in [-0.05, 0) is 42.1 Å². The molecule has 3 nitrogen and oxygen atoms in total. The van der Waals surface area contributed by atoms with Crippen LogP contribution in [0.15, 0.2) is 42.5 Å². The van der Waals surface area contributed by atoms with Crippen molar-refractivity contribution in [2.45, 2.75) is 19.3 Å². The third kappa shape index (κ3) is 1.42. The van der Waals surface area contributed by atoms with Crippen LogP contribution in [0.25, 0.3) is 0 Å². The van der Waals surface area contributed by atoms with E-state index >= 15 is 0 Å². The van der Waals surface area contributed by atoms with Gasteiger partial charge in [0.05, 0.1) is 11.8 Å². The minimum atomic E-state index is -0.0548. The Kier molecular flexibility index (Phi) is 2.35. The van der Waals surface area contributed by atoms with Crippen LogP contribution in [0.4, 0.5) is 0 Å². The van der Waals surface area contributed by atoms with Crippen LogP contribution in [0.1, 0.15) is 18.4 Å². The third-order valence-electron chi connectivity index (χ3n) is 6.41. The number of amides is 2. The Morgan fingerprint density at radius 3 is 2.09 bits per heavy atom. The summed E-state index contributed by atoms with van der Waals surface area (Å²) in [4.78, 5) is 27.1. The van der Waals surface area contributed by atoms with Gasteiger partial charge in [0.1, 0.15) is 0 Å². The molecule has 0 unspecified atom stereocenters. The Balaban J connectivity index is 1.38. The van der Waals surface area contributed by atoms with Crippen LogP contribution >= 0.6 is 0 Å². The topological polar surface area (TPSA) is 37.4 Å². The van der Waals surface area contributed by atoms with Crippen molar-refractivity contribution in [1.82, 2.24) is 4.90 Å². The van der Waals surface area contributed by atoms with Crippen LogP contribution in [0, 0.1) is 29.1 Å². The molecule has 2 saturated carbocycles. The lowest BCUT2D eigenvalue weighted by Crippen LogP contribution is -2.36. The van der Waals surface area contributed by atoms with Crippen LogP contribution in [-0.4, -0.2) is 23.3 Å². The van der Waals surface area contributed by atoms with Crippen molar-refractivity contribution in [3.8, 4) is 0 Å². The quantitative estimate of drug-likeness (QED) is 0.634. The Hall–Kier alpha value is -1.90. The van der Waals surface area contributed by atoms with Gasteiger partial charge in [-0.25, -0.2) is 0 Å². The number of hydrogen-bond donors (Lipinski definition) is 0. The first-order valence-electron chi connectivity index (χ1n) is 8.30. The molecule has 22 heavy (non-hydrogen) atoms. The molecular weight excluding hydrogens is 274 g/mol. The summed E-state index contributed by atoms with van der Waals surface area (Å²) >= 11 is 0. The van der Waals surface area contributed by atoms with Gasteiger partial charge in [-0.2, -0.15) is 0 Å². The third-order valence-corrected chi connectivity index (χ3v) is 6.41. The molecule has 1 aliphatic heterocycles. The van der Waals surface area contributed by atoms with E-state index in [-0.39, 0.29) is 23.7 Å². The van der Waals surface area contributed by atoms with Gasteiger partial charge in [-0.1, -0.05) is 42.5 Å². The maximum absolute atomic E-state index is 12.8. The average Bonchev–Trinajstić information content (AvgIpc) is 3.14. The lowest BCUT2D eigenvalue weighted by atomic mass is 9.85. The second kappa shape index (κ2) is 4.09. The zero-order valence-electron chi connectivity index (χ0n) is 12.4. The molecule has 112 valence electrons. The van der Waals surface area contributed by atoms with E-state index < -0.39 is 0 Å². The molecule has 5 rings (SSSR count). The van der Waals surface area contributed by atoms with Crippen molar-refractivity contribution < 1.29 is 9.59 Å². The van der Waals surface area contributed by atoms with Gasteiger partial charge >= 0.3 is 0 Å². The molecule has 1 aromatic carbocycles. The summed E-state index contributed by atoms with van der Waals surface area (Å²) < 4.78 is 0. The maximum Gasteiger partial charge on any atom is 0.233 e. The van der Waals surface area contributed by atoms with Crippen LogP contribution in [0.5, 0.6) is 0 Å². The predicted octanol–water partition coefficient (Wildman–Crippen LogP) is 2.43. The molecule has 3 aliphatic carbocycles. The fraction of sp³-hybridized carbons (Fsp3) is 0.474. The average molecular weight is 293 g/mol. The highest BCUT2D eigenvalue weighted by molar-refractivity contribution is 6.06. The summed E-state index contributed by atoms with van der Waals surface area (Å²) in [6, 6.07) is 10.1. The Morgan fingerprint density at radius 1 is 0.955 bits per heavy atom. The molecule has 1 saturated heterocycles. The van der Waals surface area contributed by atoms with E-state index in [1.807, 2.05) is 18.2 Å². The highest BCUT2D eigenvalue weighted by Crippen LogP contribution is 2.73. The molecule has 0 aromatic heterocycles. The second-order valence-electron chi connectivity index (χ2n) is 7.28. The SMILES string of the molecule is O=C1[C@@H]2[C@@H](C(=O)N1CCc1ccccc1)[C@H]1C=C[C@H]2C12CC2. The fourth-order valence-corrected chi connectivity index (χ4v) is 5.25. The van der Waals surface area contributed by atoms with Crippen molar-refractivity contribution in [3.05, 3.63) is 48.0 Å². The maximum atomic E-state index is 12.8. The Labute approximate surface area is 130 Å². The molecule has 0 N–H and O–H groups in total. The van der Waals surface area contributed by atoms with Gasteiger partial charge in [0, 0.05) is 6.54 Å². The van der Waals surface area contributed by atoms with Gasteiger partial charge in [0.2, 0.25) is 11.8 Å². The summed E-state index contributed by atoms with van der Waals surface area (Å²) in [6.07, 6.45) is 7.61. The minimum absolute atomic E-state index is 0.0548. The fourth-order valence-electron chi connectivity index (χ4n) is 5.25. The summed E-state index contributed by atoms with van der Waals surface area (Å²) in [5.74, 6) is 0.742. The van der Waals surface area contributed by atoms with Crippen LogP contribution < -0.4 is 0 Å². The molecule has 2 bridgehead atoms. The standard InChI is InChI=1S/C19H19NO2/c21-17-15-13-6-7-14(19(13)9-10-19)16(15)18(22)20(17)11-8-12-4-2-1-3-5-12/h1-7,13-16H,8-11H2/t13-,14-,15+,16+/m1/s1. The number of hydrogen-bond acceptors (Lipinski definition) is 2. The zero-order valence-corrected chi connectivity index (χ0v) is 12.4. The summed E-state index contributed by atoms with van der Waals surface area (Å²) in [7, 11) is 0. The molecule has 1 heterocycles. The number of allylic oxidation sites excluding steroid dienone is 2. The highest BCUT2D eigenvalue weighted by Gasteiger charge is 2.73. The molecular formula is C19H19NO2. The molecule has 0 radical (unpaired) electrons. The summed E-state index contributed by atoms with van der Waals surface area (Å²) in [5.41, 5.74) is 1.48. The van der Waals surface area contributed by atoms with Crippen molar-refractivity contribution in [1.29, 1.82) is 0 Å². The predicted molar refractivity (Wildman–Crippen MR) is 81.6 cm³/mol. The molecule has 2 amide bonds. The van der Waals surface area contributed by atoms with E-state index in [1.165, 1.54) is 18.4 Å². The van der Waals surface area contributed by atoms with E-state index in [2.05, 4.69) is 24.3 Å². The van der Waals surface area contributed by atoms with E-state index in [0.717, 1.165) is 6.42 Å². The number of fused-ring (bicyclic) bond motifs is 3. The smallest absolute Gasteiger partial charge is 0.233 e. The Morgan fingerprint density at radius 2 is 1.55 bits per heavy atom. The summed E-state index contributed by atoms with van der Waals surface area (Å²) in [5, 5.41) is 0. The van der Waals surface area contributed by atoms with E-state index in [0.29, 0.717) is 23.8 Å². The number of benzene rings is 1. The summed E-state index contributed by atoms with van der Waals surface area (Å²) in [6.45, 7) is 0.529. The number of rotatable bonds is 3. The first-order chi connectivity index (χ1) is 10.7. The molecule has 4 atom stereocenters.